The molecule has 1 aromatic rings. The molecule has 0 spiro atoms. The fourth-order valence-electron chi connectivity index (χ4n) is 3.19. The average Bonchev–Trinajstić information content (AvgIpc) is 2.99. The third-order valence-electron chi connectivity index (χ3n) is 4.54. The Balaban J connectivity index is 2.18. The lowest BCUT2D eigenvalue weighted by molar-refractivity contribution is -0.105. The molecule has 3 heterocycles. The van der Waals surface area contributed by atoms with Gasteiger partial charge in [0.15, 0.2) is 0 Å². The predicted octanol–water partition coefficient (Wildman–Crippen LogP) is 1.73. The van der Waals surface area contributed by atoms with Gasteiger partial charge in [-0.05, 0) is 39.3 Å². The van der Waals surface area contributed by atoms with E-state index in [0.717, 1.165) is 13.0 Å². The van der Waals surface area contributed by atoms with Crippen molar-refractivity contribution in [2.45, 2.75) is 42.7 Å². The number of rotatable bonds is 3. The maximum absolute atomic E-state index is 14.5. The Morgan fingerprint density at radius 2 is 2.17 bits per heavy atom. The topological polar surface area (TPSA) is 92.7 Å². The van der Waals surface area contributed by atoms with Crippen molar-refractivity contribution < 1.29 is 9.18 Å². The van der Waals surface area contributed by atoms with Crippen LogP contribution in [0.1, 0.15) is 32.9 Å². The largest absolute Gasteiger partial charge is 0.386 e. The zero-order valence-electron chi connectivity index (χ0n) is 13.3. The highest BCUT2D eigenvalue weighted by atomic mass is 32.2. The van der Waals surface area contributed by atoms with E-state index in [1.54, 1.807) is 0 Å². The summed E-state index contributed by atoms with van der Waals surface area (Å²) in [5.41, 5.74) is 5.53. The number of nitrogens with two attached hydrogens (primary N) is 1. The summed E-state index contributed by atoms with van der Waals surface area (Å²) >= 11 is 0. The van der Waals surface area contributed by atoms with E-state index < -0.39 is 11.4 Å². The Bertz CT molecular complexity index is 733. The first-order valence-corrected chi connectivity index (χ1v) is 8.69. The van der Waals surface area contributed by atoms with Gasteiger partial charge in [0.25, 0.3) is 0 Å². The standard InChI is InChI=1S/C15H20FN5OS/c1-14(2)13(17)21-15(3,10-6-7-19-23(10)14)12-9(16)4-5-11(20-12)18-8-22/h4-5,8,10H,6-7H2,1-3H3,(H2,17,21)(H,18,20,22)/t10?,15-,23?/m0/s1. The van der Waals surface area contributed by atoms with Gasteiger partial charge in [0.1, 0.15) is 28.7 Å². The molecule has 23 heavy (non-hydrogen) atoms. The number of carbonyl (C=O) groups is 1. The SMILES string of the molecule is CC1(C)C(N)=N[C@](C)(c2nc(NC=O)ccc2F)C2CCN=S21. The molecule has 3 rings (SSSR count). The molecule has 0 bridgehead atoms. The first-order valence-electron chi connectivity index (χ1n) is 7.44. The van der Waals surface area contributed by atoms with Crippen LogP contribution in [0.5, 0.6) is 0 Å². The number of nitrogens with zero attached hydrogens (tertiary/aromatic N) is 3. The first-order chi connectivity index (χ1) is 10.8. The van der Waals surface area contributed by atoms with Crippen molar-refractivity contribution >= 4 is 28.8 Å². The molecule has 3 atom stereocenters. The molecule has 124 valence electrons. The van der Waals surface area contributed by atoms with Gasteiger partial charge >= 0.3 is 0 Å². The van der Waals surface area contributed by atoms with Crippen LogP contribution in [0.3, 0.4) is 0 Å². The lowest BCUT2D eigenvalue weighted by Crippen LogP contribution is -2.56. The van der Waals surface area contributed by atoms with Crippen molar-refractivity contribution in [2.75, 3.05) is 11.9 Å². The molecule has 0 fully saturated rings. The Kier molecular flexibility index (Phi) is 3.74. The van der Waals surface area contributed by atoms with Crippen LogP contribution in [0.4, 0.5) is 10.2 Å². The van der Waals surface area contributed by atoms with E-state index in [0.29, 0.717) is 18.1 Å². The highest BCUT2D eigenvalue weighted by Crippen LogP contribution is 2.45. The Morgan fingerprint density at radius 3 is 2.87 bits per heavy atom. The fraction of sp³-hybridized carbons (Fsp3) is 0.533. The van der Waals surface area contributed by atoms with Crippen LogP contribution in [-0.2, 0) is 21.0 Å². The minimum atomic E-state index is -0.882. The second kappa shape index (κ2) is 5.36. The molecule has 8 heteroatoms. The summed E-state index contributed by atoms with van der Waals surface area (Å²) in [6.45, 7) is 6.65. The van der Waals surface area contributed by atoms with Gasteiger partial charge in [-0.25, -0.2) is 9.37 Å². The maximum Gasteiger partial charge on any atom is 0.212 e. The van der Waals surface area contributed by atoms with Crippen LogP contribution in [0, 0.1) is 5.82 Å². The van der Waals surface area contributed by atoms with Crippen molar-refractivity contribution in [2.24, 2.45) is 15.1 Å². The highest BCUT2D eigenvalue weighted by molar-refractivity contribution is 7.90. The summed E-state index contributed by atoms with van der Waals surface area (Å²) in [5, 5.41) is 2.51. The number of aliphatic imine (C=N–C) groups is 1. The van der Waals surface area contributed by atoms with Gasteiger partial charge in [-0.1, -0.05) is 10.7 Å². The zero-order valence-corrected chi connectivity index (χ0v) is 14.2. The van der Waals surface area contributed by atoms with E-state index in [9.17, 15) is 9.18 Å². The summed E-state index contributed by atoms with van der Waals surface area (Å²) in [6, 6.07) is 2.73. The third kappa shape index (κ3) is 2.36. The number of hydrogen-bond donors (Lipinski definition) is 2. The molecule has 0 saturated carbocycles. The van der Waals surface area contributed by atoms with E-state index in [2.05, 4.69) is 15.3 Å². The van der Waals surface area contributed by atoms with Gasteiger partial charge in [0.2, 0.25) is 6.41 Å². The molecular formula is C15H20FN5OS. The minimum Gasteiger partial charge on any atom is -0.386 e. The van der Waals surface area contributed by atoms with Crippen LogP contribution in [0.25, 0.3) is 0 Å². The summed E-state index contributed by atoms with van der Waals surface area (Å²) in [5.74, 6) is 0.321. The number of fused-ring (bicyclic) bond motifs is 1. The average molecular weight is 337 g/mol. The Morgan fingerprint density at radius 1 is 1.43 bits per heavy atom. The molecule has 1 amide bonds. The van der Waals surface area contributed by atoms with Gasteiger partial charge in [-0.2, -0.15) is 0 Å². The smallest absolute Gasteiger partial charge is 0.212 e. The lowest BCUT2D eigenvalue weighted by Gasteiger charge is -2.43. The quantitative estimate of drug-likeness (QED) is 0.823. The third-order valence-corrected chi connectivity index (χ3v) is 7.49. The molecule has 2 aliphatic heterocycles. The van der Waals surface area contributed by atoms with Crippen LogP contribution < -0.4 is 11.1 Å². The van der Waals surface area contributed by atoms with Crippen LogP contribution in [0.2, 0.25) is 0 Å². The van der Waals surface area contributed by atoms with Crippen molar-refractivity contribution in [3.63, 3.8) is 0 Å². The minimum absolute atomic E-state index is 0.0540. The second-order valence-electron chi connectivity index (χ2n) is 6.39. The van der Waals surface area contributed by atoms with E-state index in [1.807, 2.05) is 20.8 Å². The van der Waals surface area contributed by atoms with Crippen molar-refractivity contribution in [3.05, 3.63) is 23.6 Å². The first kappa shape index (κ1) is 16.0. The molecule has 2 unspecified atom stereocenters. The normalized spacial score (nSPS) is 31.7. The summed E-state index contributed by atoms with van der Waals surface area (Å²) in [4.78, 5) is 19.6. The van der Waals surface area contributed by atoms with Gasteiger partial charge in [-0.15, -0.1) is 0 Å². The lowest BCUT2D eigenvalue weighted by atomic mass is 9.90. The molecule has 0 saturated heterocycles. The van der Waals surface area contributed by atoms with E-state index >= 15 is 0 Å². The number of halogens is 1. The van der Waals surface area contributed by atoms with Crippen molar-refractivity contribution in [1.29, 1.82) is 0 Å². The van der Waals surface area contributed by atoms with Crippen LogP contribution in [-0.4, -0.2) is 33.8 Å². The number of amides is 1. The molecule has 0 aromatic carbocycles. The number of amidine groups is 1. The zero-order chi connectivity index (χ0) is 16.8. The van der Waals surface area contributed by atoms with Crippen LogP contribution >= 0.6 is 0 Å². The summed E-state index contributed by atoms with van der Waals surface area (Å²) in [6.07, 6.45) is 1.34. The number of carbonyl (C=O) groups excluding carboxylic acids is 1. The Labute approximate surface area is 136 Å². The van der Waals surface area contributed by atoms with E-state index in [1.165, 1.54) is 12.1 Å². The summed E-state index contributed by atoms with van der Waals surface area (Å²) < 4.78 is 18.9. The number of aromatic nitrogens is 1. The molecule has 0 aliphatic carbocycles. The molecule has 3 N–H and O–H groups in total. The number of pyridine rings is 1. The van der Waals surface area contributed by atoms with Gasteiger partial charge in [0, 0.05) is 11.8 Å². The van der Waals surface area contributed by atoms with Gasteiger partial charge < -0.3 is 11.1 Å². The van der Waals surface area contributed by atoms with E-state index in [4.69, 9.17) is 10.1 Å². The number of nitrogens with one attached hydrogen (secondary N) is 1. The van der Waals surface area contributed by atoms with Crippen molar-refractivity contribution in [3.8, 4) is 0 Å². The monoisotopic (exact) mass is 337 g/mol. The van der Waals surface area contributed by atoms with E-state index in [-0.39, 0.29) is 26.4 Å². The molecule has 0 radical (unpaired) electrons. The maximum atomic E-state index is 14.5. The summed E-state index contributed by atoms with van der Waals surface area (Å²) in [7, 11) is -0.342. The molecule has 2 aliphatic rings. The molecule has 6 nitrogen and oxygen atoms in total. The second-order valence-corrected chi connectivity index (χ2v) is 8.87. The van der Waals surface area contributed by atoms with Crippen LogP contribution in [0.15, 0.2) is 21.5 Å². The predicted molar refractivity (Wildman–Crippen MR) is 90.0 cm³/mol. The molecular weight excluding hydrogens is 317 g/mol. The number of anilines is 1. The van der Waals surface area contributed by atoms with Gasteiger partial charge in [0.05, 0.1) is 4.75 Å². The van der Waals surface area contributed by atoms with Gasteiger partial charge in [-0.3, -0.25) is 14.1 Å². The van der Waals surface area contributed by atoms with Crippen molar-refractivity contribution in [1.82, 2.24) is 4.98 Å². The molecule has 1 aromatic heterocycles. The Hall–Kier alpha value is -1.83. The fourth-order valence-corrected chi connectivity index (χ4v) is 5.90. The number of hydrogen-bond acceptors (Lipinski definition) is 5. The highest BCUT2D eigenvalue weighted by Gasteiger charge is 2.52.